The first kappa shape index (κ1) is 21.2. The molecule has 0 aromatic carbocycles. The molecule has 1 unspecified atom stereocenters. The van der Waals surface area contributed by atoms with E-state index >= 15 is 0 Å². The lowest BCUT2D eigenvalue weighted by atomic mass is 9.92. The van der Waals surface area contributed by atoms with Crippen molar-refractivity contribution in [3.05, 3.63) is 12.2 Å². The highest BCUT2D eigenvalue weighted by atomic mass is 16.5. The lowest BCUT2D eigenvalue weighted by Gasteiger charge is -2.14. The summed E-state index contributed by atoms with van der Waals surface area (Å²) < 4.78 is 5.09. The number of unbranched alkanes of at least 4 members (excludes halogenated alkanes) is 7. The van der Waals surface area contributed by atoms with Crippen LogP contribution in [0.3, 0.4) is 0 Å². The van der Waals surface area contributed by atoms with Gasteiger partial charge < -0.3 is 4.74 Å². The van der Waals surface area contributed by atoms with Crippen molar-refractivity contribution < 1.29 is 9.53 Å². The van der Waals surface area contributed by atoms with Gasteiger partial charge in [-0.15, -0.1) is 0 Å². The largest absolute Gasteiger partial charge is 0.462 e. The number of ether oxygens (including phenoxy) is 1. The molecule has 22 heavy (non-hydrogen) atoms. The Kier molecular flexibility index (Phi) is 14.6. The zero-order chi connectivity index (χ0) is 16.6. The van der Waals surface area contributed by atoms with Crippen LogP contribution in [0.5, 0.6) is 0 Å². The summed E-state index contributed by atoms with van der Waals surface area (Å²) in [6.07, 6.45) is 15.8. The van der Waals surface area contributed by atoms with E-state index in [0.29, 0.717) is 12.2 Å². The molecule has 0 amide bonds. The van der Waals surface area contributed by atoms with Gasteiger partial charge in [0, 0.05) is 5.57 Å². The first-order valence-corrected chi connectivity index (χ1v) is 9.44. The third-order valence-corrected chi connectivity index (χ3v) is 4.38. The number of hydrogen-bond acceptors (Lipinski definition) is 2. The van der Waals surface area contributed by atoms with Gasteiger partial charge in [0.15, 0.2) is 0 Å². The maximum Gasteiger partial charge on any atom is 0.333 e. The summed E-state index contributed by atoms with van der Waals surface area (Å²) in [7, 11) is 0. The molecule has 0 N–H and O–H groups in total. The number of hydrogen-bond donors (Lipinski definition) is 0. The average Bonchev–Trinajstić information content (AvgIpc) is 2.51. The Morgan fingerprint density at radius 3 is 2.00 bits per heavy atom. The lowest BCUT2D eigenvalue weighted by molar-refractivity contribution is -0.139. The normalized spacial score (nSPS) is 12.1. The molecule has 0 saturated heterocycles. The molecule has 2 nitrogen and oxygen atoms in total. The maximum atomic E-state index is 11.2. The maximum absolute atomic E-state index is 11.2. The summed E-state index contributed by atoms with van der Waals surface area (Å²) in [5.74, 6) is 0.683. The van der Waals surface area contributed by atoms with E-state index in [1.165, 1.54) is 64.2 Å². The van der Waals surface area contributed by atoms with Crippen molar-refractivity contribution in [2.24, 2.45) is 5.92 Å². The van der Waals surface area contributed by atoms with Crippen LogP contribution in [0.15, 0.2) is 12.2 Å². The Labute approximate surface area is 138 Å². The van der Waals surface area contributed by atoms with Gasteiger partial charge in [-0.3, -0.25) is 0 Å². The highest BCUT2D eigenvalue weighted by molar-refractivity contribution is 5.86. The van der Waals surface area contributed by atoms with Crippen LogP contribution < -0.4 is 0 Å². The second-order valence-corrected chi connectivity index (χ2v) is 6.60. The zero-order valence-corrected chi connectivity index (χ0v) is 15.3. The third-order valence-electron chi connectivity index (χ3n) is 4.38. The molecular formula is C20H38O2. The molecule has 0 aliphatic carbocycles. The topological polar surface area (TPSA) is 26.3 Å². The van der Waals surface area contributed by atoms with Crippen LogP contribution in [0.25, 0.3) is 0 Å². The number of carbonyl (C=O) groups is 1. The van der Waals surface area contributed by atoms with E-state index < -0.39 is 0 Å². The molecule has 1 atom stereocenters. The van der Waals surface area contributed by atoms with Crippen LogP contribution in [0.2, 0.25) is 0 Å². The van der Waals surface area contributed by atoms with Crippen LogP contribution in [0, 0.1) is 5.92 Å². The number of esters is 1. The first-order chi connectivity index (χ1) is 10.6. The van der Waals surface area contributed by atoms with Crippen molar-refractivity contribution in [1.29, 1.82) is 0 Å². The molecule has 0 aliphatic rings. The molecule has 0 aromatic rings. The van der Waals surface area contributed by atoms with Crippen molar-refractivity contribution in [2.45, 2.75) is 97.8 Å². The van der Waals surface area contributed by atoms with E-state index in [1.54, 1.807) is 6.92 Å². The van der Waals surface area contributed by atoms with Crippen molar-refractivity contribution in [3.63, 3.8) is 0 Å². The fourth-order valence-electron chi connectivity index (χ4n) is 2.77. The van der Waals surface area contributed by atoms with Crippen molar-refractivity contribution in [1.82, 2.24) is 0 Å². The van der Waals surface area contributed by atoms with E-state index in [9.17, 15) is 4.79 Å². The molecule has 0 spiro atoms. The fraction of sp³-hybridized carbons (Fsp3) is 0.850. The summed E-state index contributed by atoms with van der Waals surface area (Å²) in [4.78, 5) is 11.2. The zero-order valence-electron chi connectivity index (χ0n) is 15.3. The van der Waals surface area contributed by atoms with Gasteiger partial charge in [0.1, 0.15) is 0 Å². The monoisotopic (exact) mass is 310 g/mol. The van der Waals surface area contributed by atoms with E-state index in [0.717, 1.165) is 18.8 Å². The Hall–Kier alpha value is -0.790. The Morgan fingerprint density at radius 2 is 1.45 bits per heavy atom. The number of rotatable bonds is 15. The molecule has 0 saturated carbocycles. The smallest absolute Gasteiger partial charge is 0.333 e. The Bertz CT molecular complexity index is 283. The van der Waals surface area contributed by atoms with Crippen LogP contribution in [-0.2, 0) is 9.53 Å². The van der Waals surface area contributed by atoms with E-state index in [1.807, 2.05) is 0 Å². The molecule has 0 rings (SSSR count). The third kappa shape index (κ3) is 12.9. The predicted octanol–water partition coefficient (Wildman–Crippen LogP) is 6.44. The van der Waals surface area contributed by atoms with Gasteiger partial charge in [-0.2, -0.15) is 0 Å². The first-order valence-electron chi connectivity index (χ1n) is 9.44. The molecule has 0 radical (unpaired) electrons. The molecule has 130 valence electrons. The average molecular weight is 311 g/mol. The van der Waals surface area contributed by atoms with Gasteiger partial charge >= 0.3 is 5.97 Å². The van der Waals surface area contributed by atoms with Gasteiger partial charge in [-0.25, -0.2) is 4.79 Å². The summed E-state index contributed by atoms with van der Waals surface area (Å²) in [6, 6.07) is 0. The minimum absolute atomic E-state index is 0.256. The SMILES string of the molecule is C=C(C)C(=O)OCCCCCCCC(CC)CCCCCC. The van der Waals surface area contributed by atoms with E-state index in [2.05, 4.69) is 20.4 Å². The standard InChI is InChI=1S/C20H38O2/c1-5-7-8-12-15-19(6-2)16-13-10-9-11-14-17-22-20(21)18(3)4/h19H,3,5-17H2,1-2,4H3. The predicted molar refractivity (Wildman–Crippen MR) is 96.0 cm³/mol. The number of carbonyl (C=O) groups excluding carboxylic acids is 1. The fourth-order valence-corrected chi connectivity index (χ4v) is 2.77. The van der Waals surface area contributed by atoms with Gasteiger partial charge in [0.25, 0.3) is 0 Å². The van der Waals surface area contributed by atoms with Crippen LogP contribution in [0.4, 0.5) is 0 Å². The second kappa shape index (κ2) is 15.1. The highest BCUT2D eigenvalue weighted by Gasteiger charge is 2.06. The Morgan fingerprint density at radius 1 is 0.909 bits per heavy atom. The highest BCUT2D eigenvalue weighted by Crippen LogP contribution is 2.21. The van der Waals surface area contributed by atoms with Gasteiger partial charge in [-0.05, 0) is 19.3 Å². The van der Waals surface area contributed by atoms with Gasteiger partial charge in [0.2, 0.25) is 0 Å². The minimum Gasteiger partial charge on any atom is -0.462 e. The minimum atomic E-state index is -0.256. The molecule has 2 heteroatoms. The second-order valence-electron chi connectivity index (χ2n) is 6.60. The van der Waals surface area contributed by atoms with Crippen LogP contribution >= 0.6 is 0 Å². The van der Waals surface area contributed by atoms with Crippen LogP contribution in [0.1, 0.15) is 97.8 Å². The van der Waals surface area contributed by atoms with Crippen molar-refractivity contribution in [3.8, 4) is 0 Å². The summed E-state index contributed by atoms with van der Waals surface area (Å²) in [5, 5.41) is 0. The van der Waals surface area contributed by atoms with Crippen LogP contribution in [-0.4, -0.2) is 12.6 Å². The Balaban J connectivity index is 3.39. The molecule has 0 heterocycles. The summed E-state index contributed by atoms with van der Waals surface area (Å²) in [6.45, 7) is 10.4. The van der Waals surface area contributed by atoms with E-state index in [-0.39, 0.29) is 5.97 Å². The lowest BCUT2D eigenvalue weighted by Crippen LogP contribution is -2.06. The molecule has 0 aromatic heterocycles. The van der Waals surface area contributed by atoms with Crippen molar-refractivity contribution >= 4 is 5.97 Å². The van der Waals surface area contributed by atoms with Gasteiger partial charge in [-0.1, -0.05) is 91.1 Å². The van der Waals surface area contributed by atoms with Gasteiger partial charge in [0.05, 0.1) is 6.61 Å². The molecule has 0 aliphatic heterocycles. The summed E-state index contributed by atoms with van der Waals surface area (Å²) in [5.41, 5.74) is 0.490. The quantitative estimate of drug-likeness (QED) is 0.197. The molecule has 0 fully saturated rings. The van der Waals surface area contributed by atoms with E-state index in [4.69, 9.17) is 4.74 Å². The summed E-state index contributed by atoms with van der Waals surface area (Å²) >= 11 is 0. The van der Waals surface area contributed by atoms with Crippen molar-refractivity contribution in [2.75, 3.05) is 6.61 Å². The molecular weight excluding hydrogens is 272 g/mol. The molecule has 0 bridgehead atoms.